The van der Waals surface area contributed by atoms with Crippen LogP contribution in [0.25, 0.3) is 10.8 Å². The molecule has 0 unspecified atom stereocenters. The van der Waals surface area contributed by atoms with Crippen molar-refractivity contribution in [3.8, 4) is 0 Å². The smallest absolute Gasteiger partial charge is 0.244 e. The molecule has 2 atom stereocenters. The lowest BCUT2D eigenvalue weighted by molar-refractivity contribution is -0.142. The Kier molecular flexibility index (Phi) is 3.99. The van der Waals surface area contributed by atoms with Crippen LogP contribution in [0.4, 0.5) is 5.69 Å². The summed E-state index contributed by atoms with van der Waals surface area (Å²) in [6.45, 7) is -0.197. The number of carbonyl (C=O) groups is 3. The Morgan fingerprint density at radius 3 is 2.28 bits per heavy atom. The van der Waals surface area contributed by atoms with Gasteiger partial charge in [-0.25, -0.2) is 0 Å². The normalized spacial score (nSPS) is 23.0. The van der Waals surface area contributed by atoms with Crippen LogP contribution in [-0.4, -0.2) is 29.2 Å². The van der Waals surface area contributed by atoms with Gasteiger partial charge >= 0.3 is 0 Å². The molecular formula is C20H20N2O3. The molecule has 3 amide bonds. The molecule has 1 aliphatic carbocycles. The molecular weight excluding hydrogens is 316 g/mol. The molecule has 1 N–H and O–H groups in total. The minimum absolute atomic E-state index is 0.177. The Hall–Kier alpha value is -2.69. The lowest BCUT2D eigenvalue weighted by Crippen LogP contribution is -2.38. The average molecular weight is 336 g/mol. The van der Waals surface area contributed by atoms with E-state index in [4.69, 9.17) is 0 Å². The van der Waals surface area contributed by atoms with Gasteiger partial charge in [-0.2, -0.15) is 0 Å². The van der Waals surface area contributed by atoms with Crippen LogP contribution in [0.2, 0.25) is 0 Å². The Morgan fingerprint density at radius 1 is 0.960 bits per heavy atom. The summed E-state index contributed by atoms with van der Waals surface area (Å²) >= 11 is 0. The number of anilines is 1. The van der Waals surface area contributed by atoms with Crippen LogP contribution in [0.5, 0.6) is 0 Å². The summed E-state index contributed by atoms with van der Waals surface area (Å²) in [5.41, 5.74) is 0.667. The third-order valence-corrected chi connectivity index (χ3v) is 5.27. The van der Waals surface area contributed by atoms with Crippen molar-refractivity contribution in [1.82, 2.24) is 4.90 Å². The van der Waals surface area contributed by atoms with E-state index in [0.717, 1.165) is 41.4 Å². The van der Waals surface area contributed by atoms with Gasteiger partial charge in [0.1, 0.15) is 6.54 Å². The number of hydrogen-bond acceptors (Lipinski definition) is 3. The van der Waals surface area contributed by atoms with Crippen molar-refractivity contribution in [3.63, 3.8) is 0 Å². The van der Waals surface area contributed by atoms with E-state index in [1.165, 1.54) is 0 Å². The Balaban J connectivity index is 1.46. The van der Waals surface area contributed by atoms with E-state index in [1.807, 2.05) is 42.5 Å². The number of nitrogens with one attached hydrogen (secondary N) is 1. The van der Waals surface area contributed by atoms with Gasteiger partial charge in [0.15, 0.2) is 0 Å². The number of amides is 3. The lowest BCUT2D eigenvalue weighted by Gasteiger charge is -2.19. The molecule has 0 aromatic heterocycles. The molecule has 5 heteroatoms. The van der Waals surface area contributed by atoms with E-state index in [0.29, 0.717) is 5.69 Å². The maximum Gasteiger partial charge on any atom is 0.244 e. The van der Waals surface area contributed by atoms with E-state index in [9.17, 15) is 14.4 Å². The molecule has 5 nitrogen and oxygen atoms in total. The van der Waals surface area contributed by atoms with Crippen LogP contribution in [0, 0.1) is 11.8 Å². The van der Waals surface area contributed by atoms with Gasteiger partial charge in [0.2, 0.25) is 17.7 Å². The highest BCUT2D eigenvalue weighted by Crippen LogP contribution is 2.37. The molecule has 0 radical (unpaired) electrons. The van der Waals surface area contributed by atoms with Gasteiger partial charge in [-0.3, -0.25) is 19.3 Å². The number of hydrogen-bond donors (Lipinski definition) is 1. The number of likely N-dealkylation sites (tertiary alicyclic amines) is 1. The number of carbonyl (C=O) groups excluding carboxylic acids is 3. The standard InChI is InChI=1S/C20H20N2O3/c23-18(21-15-10-9-13-5-1-2-6-14(13)11-15)12-22-19(24)16-7-3-4-8-17(16)20(22)25/h1-2,5-6,9-11,16-17H,3-4,7-8,12H2,(H,21,23)/t16-,17-/m1/s1. The molecule has 2 aromatic carbocycles. The second-order valence-electron chi connectivity index (χ2n) is 6.87. The van der Waals surface area contributed by atoms with Gasteiger partial charge in [-0.15, -0.1) is 0 Å². The van der Waals surface area contributed by atoms with Crippen molar-refractivity contribution in [2.45, 2.75) is 25.7 Å². The number of rotatable bonds is 3. The molecule has 2 aliphatic rings. The SMILES string of the molecule is O=C(CN1C(=O)[C@@H]2CCCC[C@H]2C1=O)Nc1ccc2ccccc2c1. The van der Waals surface area contributed by atoms with Crippen molar-refractivity contribution in [3.05, 3.63) is 42.5 Å². The molecule has 1 aliphatic heterocycles. The van der Waals surface area contributed by atoms with Gasteiger partial charge in [0.05, 0.1) is 11.8 Å². The van der Waals surface area contributed by atoms with Crippen molar-refractivity contribution in [1.29, 1.82) is 0 Å². The fourth-order valence-corrected chi connectivity index (χ4v) is 4.00. The Morgan fingerprint density at radius 2 is 1.60 bits per heavy atom. The molecule has 0 spiro atoms. The first kappa shape index (κ1) is 15.8. The second-order valence-corrected chi connectivity index (χ2v) is 6.87. The third kappa shape index (κ3) is 2.90. The molecule has 4 rings (SSSR count). The Bertz CT molecular complexity index is 837. The maximum absolute atomic E-state index is 12.4. The first-order chi connectivity index (χ1) is 12.1. The topological polar surface area (TPSA) is 66.5 Å². The van der Waals surface area contributed by atoms with Crippen molar-refractivity contribution < 1.29 is 14.4 Å². The third-order valence-electron chi connectivity index (χ3n) is 5.27. The quantitative estimate of drug-likeness (QED) is 0.876. The first-order valence-electron chi connectivity index (χ1n) is 8.77. The fraction of sp³-hybridized carbons (Fsp3) is 0.350. The molecule has 1 saturated heterocycles. The number of nitrogens with zero attached hydrogens (tertiary/aromatic N) is 1. The Labute approximate surface area is 146 Å². The minimum Gasteiger partial charge on any atom is -0.325 e. The summed E-state index contributed by atoms with van der Waals surface area (Å²) in [4.78, 5) is 38.4. The van der Waals surface area contributed by atoms with E-state index < -0.39 is 0 Å². The summed E-state index contributed by atoms with van der Waals surface area (Å²) in [7, 11) is 0. The summed E-state index contributed by atoms with van der Waals surface area (Å²) in [5, 5.41) is 4.92. The molecule has 0 bridgehead atoms. The van der Waals surface area contributed by atoms with Crippen molar-refractivity contribution in [2.24, 2.45) is 11.8 Å². The summed E-state index contributed by atoms with van der Waals surface area (Å²) in [5.74, 6) is -1.12. The number of imide groups is 1. The maximum atomic E-state index is 12.4. The van der Waals surface area contributed by atoms with E-state index in [2.05, 4.69) is 5.32 Å². The molecule has 128 valence electrons. The van der Waals surface area contributed by atoms with E-state index >= 15 is 0 Å². The largest absolute Gasteiger partial charge is 0.325 e. The second kappa shape index (κ2) is 6.31. The van der Waals surface area contributed by atoms with Crippen LogP contribution in [0.15, 0.2) is 42.5 Å². The lowest BCUT2D eigenvalue weighted by atomic mass is 9.81. The van der Waals surface area contributed by atoms with Gasteiger partial charge in [0, 0.05) is 5.69 Å². The summed E-state index contributed by atoms with van der Waals surface area (Å²) in [6, 6.07) is 13.5. The molecule has 2 aromatic rings. The highest BCUT2D eigenvalue weighted by atomic mass is 16.2. The van der Waals surface area contributed by atoms with Gasteiger partial charge < -0.3 is 5.32 Å². The zero-order chi connectivity index (χ0) is 17.4. The monoisotopic (exact) mass is 336 g/mol. The minimum atomic E-state index is -0.337. The van der Waals surface area contributed by atoms with Gasteiger partial charge in [-0.1, -0.05) is 43.2 Å². The van der Waals surface area contributed by atoms with Crippen LogP contribution < -0.4 is 5.32 Å². The fourth-order valence-electron chi connectivity index (χ4n) is 4.00. The average Bonchev–Trinajstić information content (AvgIpc) is 2.87. The predicted octanol–water partition coefficient (Wildman–Crippen LogP) is 2.95. The van der Waals surface area contributed by atoms with Crippen molar-refractivity contribution in [2.75, 3.05) is 11.9 Å². The molecule has 1 saturated carbocycles. The highest BCUT2D eigenvalue weighted by Gasteiger charge is 2.48. The molecule has 25 heavy (non-hydrogen) atoms. The predicted molar refractivity (Wildman–Crippen MR) is 94.7 cm³/mol. The summed E-state index contributed by atoms with van der Waals surface area (Å²) < 4.78 is 0. The number of benzene rings is 2. The van der Waals surface area contributed by atoms with Crippen LogP contribution in [0.1, 0.15) is 25.7 Å². The zero-order valence-electron chi connectivity index (χ0n) is 13.9. The highest BCUT2D eigenvalue weighted by molar-refractivity contribution is 6.08. The van der Waals surface area contributed by atoms with Crippen LogP contribution >= 0.6 is 0 Å². The van der Waals surface area contributed by atoms with Crippen LogP contribution in [0.3, 0.4) is 0 Å². The van der Waals surface area contributed by atoms with Gasteiger partial charge in [-0.05, 0) is 35.7 Å². The summed E-state index contributed by atoms with van der Waals surface area (Å²) in [6.07, 6.45) is 3.49. The number of fused-ring (bicyclic) bond motifs is 2. The van der Waals surface area contributed by atoms with Gasteiger partial charge in [0.25, 0.3) is 0 Å². The van der Waals surface area contributed by atoms with E-state index in [-0.39, 0.29) is 36.1 Å². The van der Waals surface area contributed by atoms with E-state index in [1.54, 1.807) is 0 Å². The molecule has 1 heterocycles. The van der Waals surface area contributed by atoms with Crippen molar-refractivity contribution >= 4 is 34.2 Å². The first-order valence-corrected chi connectivity index (χ1v) is 8.77. The van der Waals surface area contributed by atoms with Crippen LogP contribution in [-0.2, 0) is 14.4 Å². The zero-order valence-corrected chi connectivity index (χ0v) is 13.9. The molecule has 2 fully saturated rings.